The number of aryl methyl sites for hydroxylation is 1. The third-order valence-electron chi connectivity index (χ3n) is 3.42. The van der Waals surface area contributed by atoms with E-state index in [-0.39, 0.29) is 18.1 Å². The largest absolute Gasteiger partial charge is 0.324 e. The van der Waals surface area contributed by atoms with Crippen molar-refractivity contribution in [2.75, 3.05) is 11.9 Å². The highest BCUT2D eigenvalue weighted by Gasteiger charge is 2.19. The number of anilines is 1. The monoisotopic (exact) mass is 295 g/mol. The maximum Gasteiger partial charge on any atom is 0.270 e. The smallest absolute Gasteiger partial charge is 0.270 e. The van der Waals surface area contributed by atoms with Crippen LogP contribution in [-0.2, 0) is 4.79 Å². The predicted octanol–water partition coefficient (Wildman–Crippen LogP) is 2.69. The Balaban J connectivity index is 2.18. The molecule has 1 amide bonds. The number of nitro groups is 1. The Morgan fingerprint density at radius 2 is 2.05 bits per heavy atom. The van der Waals surface area contributed by atoms with Gasteiger partial charge in [0, 0.05) is 23.3 Å². The fourth-order valence-electron chi connectivity index (χ4n) is 2.40. The second kappa shape index (κ2) is 5.40. The van der Waals surface area contributed by atoms with E-state index in [0.717, 1.165) is 11.1 Å². The first kappa shape index (κ1) is 13.9. The molecule has 0 atom stereocenters. The summed E-state index contributed by atoms with van der Waals surface area (Å²) in [4.78, 5) is 26.6. The third kappa shape index (κ3) is 2.58. The number of nitrogens with zero attached hydrogens (tertiary/aromatic N) is 2. The van der Waals surface area contributed by atoms with Crippen LogP contribution in [0.3, 0.4) is 0 Å². The number of benzodiazepines with no additional fused rings is 1. The maximum atomic E-state index is 11.8. The van der Waals surface area contributed by atoms with E-state index in [0.29, 0.717) is 17.0 Å². The Morgan fingerprint density at radius 1 is 1.23 bits per heavy atom. The molecule has 22 heavy (non-hydrogen) atoms. The Kier molecular flexibility index (Phi) is 3.42. The van der Waals surface area contributed by atoms with Crippen LogP contribution < -0.4 is 5.32 Å². The summed E-state index contributed by atoms with van der Waals surface area (Å²) >= 11 is 0. The van der Waals surface area contributed by atoms with Crippen molar-refractivity contribution in [3.8, 4) is 0 Å². The highest BCUT2D eigenvalue weighted by molar-refractivity contribution is 6.19. The number of rotatable bonds is 2. The Bertz CT molecular complexity index is 812. The number of fused-ring (bicyclic) bond motifs is 1. The summed E-state index contributed by atoms with van der Waals surface area (Å²) < 4.78 is 0. The minimum absolute atomic E-state index is 0.00191. The van der Waals surface area contributed by atoms with Crippen LogP contribution in [0.15, 0.2) is 47.5 Å². The van der Waals surface area contributed by atoms with Gasteiger partial charge < -0.3 is 5.32 Å². The van der Waals surface area contributed by atoms with Gasteiger partial charge in [0.1, 0.15) is 6.54 Å². The van der Waals surface area contributed by atoms with Gasteiger partial charge in [-0.05, 0) is 19.1 Å². The van der Waals surface area contributed by atoms with Crippen molar-refractivity contribution in [3.63, 3.8) is 0 Å². The van der Waals surface area contributed by atoms with Crippen molar-refractivity contribution in [1.82, 2.24) is 0 Å². The highest BCUT2D eigenvalue weighted by Crippen LogP contribution is 2.25. The van der Waals surface area contributed by atoms with Crippen molar-refractivity contribution < 1.29 is 9.72 Å². The van der Waals surface area contributed by atoms with E-state index in [4.69, 9.17) is 0 Å². The van der Waals surface area contributed by atoms with Crippen LogP contribution in [0.4, 0.5) is 11.4 Å². The van der Waals surface area contributed by atoms with Crippen LogP contribution >= 0.6 is 0 Å². The lowest BCUT2D eigenvalue weighted by atomic mass is 9.98. The van der Waals surface area contributed by atoms with Gasteiger partial charge >= 0.3 is 0 Å². The molecule has 1 aliphatic rings. The second-order valence-corrected chi connectivity index (χ2v) is 5.07. The third-order valence-corrected chi connectivity index (χ3v) is 3.42. The molecule has 1 heterocycles. The van der Waals surface area contributed by atoms with Gasteiger partial charge in [-0.3, -0.25) is 19.9 Å². The topological polar surface area (TPSA) is 84.6 Å². The van der Waals surface area contributed by atoms with Crippen molar-refractivity contribution in [2.45, 2.75) is 6.92 Å². The molecule has 6 nitrogen and oxygen atoms in total. The van der Waals surface area contributed by atoms with E-state index < -0.39 is 4.92 Å². The number of carbonyl (C=O) groups excluding carboxylic acids is 1. The molecule has 0 unspecified atom stereocenters. The number of benzene rings is 2. The lowest BCUT2D eigenvalue weighted by Gasteiger charge is -2.11. The number of carbonyl (C=O) groups is 1. The van der Waals surface area contributed by atoms with Crippen molar-refractivity contribution in [3.05, 3.63) is 69.3 Å². The molecule has 0 saturated carbocycles. The molecule has 0 fully saturated rings. The highest BCUT2D eigenvalue weighted by atomic mass is 16.6. The summed E-state index contributed by atoms with van der Waals surface area (Å²) in [7, 11) is 0. The SMILES string of the molecule is Cc1ccc2c(c1)C(c1cccc([N+](=O)[O-])c1)=NCC(=O)N2. The van der Waals surface area contributed by atoms with Crippen molar-refractivity contribution in [2.24, 2.45) is 4.99 Å². The number of nitro benzene ring substituents is 1. The molecule has 0 aromatic heterocycles. The molecule has 6 heteroatoms. The minimum Gasteiger partial charge on any atom is -0.324 e. The van der Waals surface area contributed by atoms with Crippen LogP contribution in [0.5, 0.6) is 0 Å². The summed E-state index contributed by atoms with van der Waals surface area (Å²) in [6.07, 6.45) is 0. The Labute approximate surface area is 126 Å². The van der Waals surface area contributed by atoms with Crippen LogP contribution in [0.25, 0.3) is 0 Å². The zero-order valence-electron chi connectivity index (χ0n) is 11.9. The van der Waals surface area contributed by atoms with E-state index in [2.05, 4.69) is 10.3 Å². The van der Waals surface area contributed by atoms with Crippen LogP contribution in [0.1, 0.15) is 16.7 Å². The fourth-order valence-corrected chi connectivity index (χ4v) is 2.40. The zero-order chi connectivity index (χ0) is 15.7. The molecule has 1 aliphatic heterocycles. The lowest BCUT2D eigenvalue weighted by Crippen LogP contribution is -2.13. The molecule has 2 aromatic rings. The summed E-state index contributed by atoms with van der Waals surface area (Å²) in [5.41, 5.74) is 3.66. The number of nitrogens with one attached hydrogen (secondary N) is 1. The first-order chi connectivity index (χ1) is 10.5. The van der Waals surface area contributed by atoms with Gasteiger partial charge in [0.2, 0.25) is 5.91 Å². The summed E-state index contributed by atoms with van der Waals surface area (Å²) in [5.74, 6) is -0.203. The summed E-state index contributed by atoms with van der Waals surface area (Å²) in [5, 5.41) is 13.8. The molecule has 1 N–H and O–H groups in total. The number of aliphatic imine (C=N–C) groups is 1. The Morgan fingerprint density at radius 3 is 2.82 bits per heavy atom. The van der Waals surface area contributed by atoms with E-state index in [9.17, 15) is 14.9 Å². The maximum absolute atomic E-state index is 11.8. The van der Waals surface area contributed by atoms with E-state index in [1.165, 1.54) is 12.1 Å². The standard InChI is InChI=1S/C16H13N3O3/c1-10-5-6-14-13(7-10)16(17-9-15(20)18-14)11-3-2-4-12(8-11)19(21)22/h2-8H,9H2,1H3,(H,18,20). The Hall–Kier alpha value is -3.02. The molecule has 3 rings (SSSR count). The first-order valence-corrected chi connectivity index (χ1v) is 6.75. The predicted molar refractivity (Wildman–Crippen MR) is 83.4 cm³/mol. The molecule has 0 spiro atoms. The van der Waals surface area contributed by atoms with Crippen molar-refractivity contribution >= 4 is 23.0 Å². The second-order valence-electron chi connectivity index (χ2n) is 5.07. The van der Waals surface area contributed by atoms with Gasteiger partial charge in [0.25, 0.3) is 5.69 Å². The molecule has 2 aromatic carbocycles. The van der Waals surface area contributed by atoms with Gasteiger partial charge in [-0.1, -0.05) is 23.8 Å². The van der Waals surface area contributed by atoms with Crippen LogP contribution in [0.2, 0.25) is 0 Å². The minimum atomic E-state index is -0.443. The normalized spacial score (nSPS) is 13.7. The number of non-ortho nitro benzene ring substituents is 1. The van der Waals surface area contributed by atoms with Gasteiger partial charge in [-0.25, -0.2) is 0 Å². The number of hydrogen-bond donors (Lipinski definition) is 1. The van der Waals surface area contributed by atoms with E-state index in [1.807, 2.05) is 25.1 Å². The van der Waals surface area contributed by atoms with E-state index in [1.54, 1.807) is 12.1 Å². The summed E-state index contributed by atoms with van der Waals surface area (Å²) in [6, 6.07) is 11.9. The average Bonchev–Trinajstić information content (AvgIpc) is 2.65. The van der Waals surface area contributed by atoms with Gasteiger partial charge in [0.05, 0.1) is 16.3 Å². The summed E-state index contributed by atoms with van der Waals surface area (Å²) in [6.45, 7) is 1.93. The zero-order valence-corrected chi connectivity index (χ0v) is 11.9. The van der Waals surface area contributed by atoms with Crippen molar-refractivity contribution in [1.29, 1.82) is 0 Å². The van der Waals surface area contributed by atoms with Gasteiger partial charge in [0.15, 0.2) is 0 Å². The molecule has 0 saturated heterocycles. The molecule has 0 radical (unpaired) electrons. The molecular formula is C16H13N3O3. The van der Waals surface area contributed by atoms with Crippen LogP contribution in [0, 0.1) is 17.0 Å². The van der Waals surface area contributed by atoms with Crippen LogP contribution in [-0.4, -0.2) is 23.1 Å². The molecular weight excluding hydrogens is 282 g/mol. The quantitative estimate of drug-likeness (QED) is 0.682. The average molecular weight is 295 g/mol. The fraction of sp³-hybridized carbons (Fsp3) is 0.125. The van der Waals surface area contributed by atoms with E-state index >= 15 is 0 Å². The molecule has 0 bridgehead atoms. The van der Waals surface area contributed by atoms with Gasteiger partial charge in [-0.15, -0.1) is 0 Å². The first-order valence-electron chi connectivity index (χ1n) is 6.75. The molecule has 110 valence electrons. The number of hydrogen-bond acceptors (Lipinski definition) is 4. The van der Waals surface area contributed by atoms with Gasteiger partial charge in [-0.2, -0.15) is 0 Å². The lowest BCUT2D eigenvalue weighted by molar-refractivity contribution is -0.384. The molecule has 0 aliphatic carbocycles. The number of amides is 1.